The second-order valence-electron chi connectivity index (χ2n) is 9.71. The molecule has 3 heterocycles. The van der Waals surface area contributed by atoms with Gasteiger partial charge in [0.05, 0.1) is 28.6 Å². The summed E-state index contributed by atoms with van der Waals surface area (Å²) in [6, 6.07) is 4.44. The average Bonchev–Trinajstić information content (AvgIpc) is 3.45. The van der Waals surface area contributed by atoms with Gasteiger partial charge in [0.25, 0.3) is 5.91 Å². The van der Waals surface area contributed by atoms with Gasteiger partial charge in [0, 0.05) is 19.7 Å². The number of hydrogen-bond acceptors (Lipinski definition) is 5. The predicted octanol–water partition coefficient (Wildman–Crippen LogP) is 3.18. The highest BCUT2D eigenvalue weighted by molar-refractivity contribution is 6.34. The number of aryl methyl sites for hydroxylation is 1. The molecule has 4 rings (SSSR count). The van der Waals surface area contributed by atoms with E-state index in [1.807, 2.05) is 19.1 Å². The lowest BCUT2D eigenvalue weighted by atomic mass is 9.70. The third kappa shape index (κ3) is 4.26. The van der Waals surface area contributed by atoms with Crippen molar-refractivity contribution in [1.82, 2.24) is 4.90 Å². The Bertz CT molecular complexity index is 995. The summed E-state index contributed by atoms with van der Waals surface area (Å²) in [7, 11) is 0. The zero-order chi connectivity index (χ0) is 25.3. The topological polar surface area (TPSA) is 107 Å². The molecule has 9 heteroatoms. The molecule has 2 bridgehead atoms. The van der Waals surface area contributed by atoms with E-state index in [1.54, 1.807) is 21.9 Å². The second kappa shape index (κ2) is 10.3. The van der Waals surface area contributed by atoms with E-state index in [9.17, 15) is 19.5 Å². The van der Waals surface area contributed by atoms with Crippen LogP contribution in [0.5, 0.6) is 0 Å². The molecule has 2 N–H and O–H groups in total. The van der Waals surface area contributed by atoms with Gasteiger partial charge >= 0.3 is 5.97 Å². The molecular weight excluding hydrogens is 472 g/mol. The van der Waals surface area contributed by atoms with Crippen molar-refractivity contribution in [1.29, 1.82) is 0 Å². The molecule has 35 heavy (non-hydrogen) atoms. The van der Waals surface area contributed by atoms with Gasteiger partial charge in [0.2, 0.25) is 5.91 Å². The summed E-state index contributed by atoms with van der Waals surface area (Å²) in [5.41, 5.74) is 0.194. The van der Waals surface area contributed by atoms with E-state index in [0.717, 1.165) is 18.4 Å². The number of halogens is 1. The number of carboxylic acids is 1. The molecule has 3 aliphatic rings. The molecule has 3 saturated heterocycles. The number of hydrogen-bond donors (Lipinski definition) is 2. The van der Waals surface area contributed by atoms with Crippen LogP contribution in [0.1, 0.15) is 44.1 Å². The molecule has 8 nitrogen and oxygen atoms in total. The fourth-order valence-corrected chi connectivity index (χ4v) is 6.56. The molecule has 0 aromatic heterocycles. The largest absolute Gasteiger partial charge is 0.481 e. The number of carboxylic acid groups (broad SMARTS) is 1. The zero-order valence-corrected chi connectivity index (χ0v) is 20.7. The first kappa shape index (κ1) is 25.7. The fourth-order valence-electron chi connectivity index (χ4n) is 6.24. The molecule has 1 aromatic rings. The highest BCUT2D eigenvalue weighted by Gasteiger charge is 2.74. The number of rotatable bonds is 11. The van der Waals surface area contributed by atoms with Crippen molar-refractivity contribution < 1.29 is 29.3 Å². The van der Waals surface area contributed by atoms with Gasteiger partial charge in [-0.05, 0) is 44.2 Å². The summed E-state index contributed by atoms with van der Waals surface area (Å²) in [6.45, 7) is 6.29. The molecule has 5 atom stereocenters. The summed E-state index contributed by atoms with van der Waals surface area (Å²) >= 11 is 6.52. The quantitative estimate of drug-likeness (QED) is 0.354. The molecule has 0 saturated carbocycles. The number of para-hydroxylation sites is 1. The van der Waals surface area contributed by atoms with E-state index in [4.69, 9.17) is 21.4 Å². The van der Waals surface area contributed by atoms with Gasteiger partial charge in [-0.2, -0.15) is 0 Å². The molecule has 0 aliphatic carbocycles. The summed E-state index contributed by atoms with van der Waals surface area (Å²) in [6.07, 6.45) is 4.91. The van der Waals surface area contributed by atoms with Gasteiger partial charge < -0.3 is 24.7 Å². The number of amides is 2. The number of carbonyl (C=O) groups excluding carboxylic acids is 2. The van der Waals surface area contributed by atoms with E-state index in [1.165, 1.54) is 0 Å². The van der Waals surface area contributed by atoms with Crippen LogP contribution in [-0.2, 0) is 19.1 Å². The van der Waals surface area contributed by atoms with Crippen LogP contribution >= 0.6 is 11.6 Å². The third-order valence-corrected chi connectivity index (χ3v) is 7.97. The summed E-state index contributed by atoms with van der Waals surface area (Å²) in [5.74, 6) is -3.56. The maximum absolute atomic E-state index is 14.3. The van der Waals surface area contributed by atoms with Crippen molar-refractivity contribution >= 4 is 35.1 Å². The molecule has 3 fully saturated rings. The zero-order valence-electron chi connectivity index (χ0n) is 20.0. The second-order valence-corrected chi connectivity index (χ2v) is 10.1. The minimum Gasteiger partial charge on any atom is -0.481 e. The first-order valence-electron chi connectivity index (χ1n) is 12.3. The molecule has 0 radical (unpaired) electrons. The maximum atomic E-state index is 14.3. The number of nitrogens with zero attached hydrogens (tertiary/aromatic N) is 2. The number of aliphatic hydroxyl groups is 1. The molecule has 2 amide bonds. The van der Waals surface area contributed by atoms with Crippen molar-refractivity contribution in [2.45, 2.75) is 63.2 Å². The molecule has 1 aromatic carbocycles. The first-order chi connectivity index (χ1) is 16.8. The first-order valence-corrected chi connectivity index (χ1v) is 12.7. The Morgan fingerprint density at radius 2 is 2.06 bits per heavy atom. The monoisotopic (exact) mass is 504 g/mol. The number of likely N-dealkylation sites (tertiary alicyclic amines) is 1. The van der Waals surface area contributed by atoms with Crippen LogP contribution < -0.4 is 4.90 Å². The minimum atomic E-state index is -1.17. The number of benzene rings is 1. The van der Waals surface area contributed by atoms with Crippen molar-refractivity contribution in [3.63, 3.8) is 0 Å². The SMILES string of the molecule is C=CCN(C(=O)C1N(CCCCCCO)C(=O)[C@@H]2[C@H](C(=O)O)[C@@H]3CCC12O3)c1c(C)cccc1Cl. The standard InChI is InChI=1S/C26H33ClN2O6/c1-3-13-28(21-16(2)9-8-10-17(21)27)24(32)22-26-12-11-18(35-26)19(25(33)34)20(26)23(31)29(22)14-6-4-5-7-15-30/h3,8-10,18-20,22,30H,1,4-7,11-15H2,2H3,(H,33,34)/t18-,19+,20-,22?,26?/m0/s1. The Kier molecular flexibility index (Phi) is 7.54. The summed E-state index contributed by atoms with van der Waals surface area (Å²) in [5, 5.41) is 19.4. The van der Waals surface area contributed by atoms with E-state index >= 15 is 0 Å². The molecule has 1 spiro atoms. The Morgan fingerprint density at radius 1 is 1.31 bits per heavy atom. The van der Waals surface area contributed by atoms with E-state index in [2.05, 4.69) is 6.58 Å². The van der Waals surface area contributed by atoms with Crippen molar-refractivity contribution in [2.75, 3.05) is 24.6 Å². The number of aliphatic hydroxyl groups excluding tert-OH is 1. The number of carbonyl (C=O) groups is 3. The number of fused-ring (bicyclic) bond motifs is 1. The van der Waals surface area contributed by atoms with Crippen molar-refractivity contribution in [2.24, 2.45) is 11.8 Å². The highest BCUT2D eigenvalue weighted by Crippen LogP contribution is 2.58. The number of aliphatic carboxylic acids is 1. The molecule has 2 unspecified atom stereocenters. The third-order valence-electron chi connectivity index (χ3n) is 7.66. The van der Waals surface area contributed by atoms with Gasteiger partial charge in [0.1, 0.15) is 11.6 Å². The van der Waals surface area contributed by atoms with Crippen LogP contribution in [0.3, 0.4) is 0 Å². The molecular formula is C26H33ClN2O6. The normalized spacial score (nSPS) is 28.9. The van der Waals surface area contributed by atoms with Crippen molar-refractivity contribution in [3.8, 4) is 0 Å². The minimum absolute atomic E-state index is 0.109. The van der Waals surface area contributed by atoms with Crippen LogP contribution in [0.2, 0.25) is 5.02 Å². The average molecular weight is 505 g/mol. The number of unbranched alkanes of at least 4 members (excludes halogenated alkanes) is 3. The van der Waals surface area contributed by atoms with E-state index < -0.39 is 35.6 Å². The van der Waals surface area contributed by atoms with Crippen LogP contribution in [-0.4, -0.2) is 70.3 Å². The van der Waals surface area contributed by atoms with Crippen LogP contribution in [0.4, 0.5) is 5.69 Å². The van der Waals surface area contributed by atoms with Crippen LogP contribution in [0, 0.1) is 18.8 Å². The van der Waals surface area contributed by atoms with Gasteiger partial charge in [-0.1, -0.05) is 42.7 Å². The summed E-state index contributed by atoms with van der Waals surface area (Å²) in [4.78, 5) is 43.2. The number of ether oxygens (including phenoxy) is 1. The Labute approximate surface area is 210 Å². The van der Waals surface area contributed by atoms with Crippen molar-refractivity contribution in [3.05, 3.63) is 41.4 Å². The van der Waals surface area contributed by atoms with E-state index in [-0.39, 0.29) is 25.0 Å². The van der Waals surface area contributed by atoms with Gasteiger partial charge in [0.15, 0.2) is 0 Å². The lowest BCUT2D eigenvalue weighted by Crippen LogP contribution is -2.56. The van der Waals surface area contributed by atoms with Gasteiger partial charge in [-0.15, -0.1) is 6.58 Å². The lowest BCUT2D eigenvalue weighted by molar-refractivity contribution is -0.149. The molecule has 190 valence electrons. The Morgan fingerprint density at radius 3 is 2.71 bits per heavy atom. The van der Waals surface area contributed by atoms with Gasteiger partial charge in [-0.3, -0.25) is 14.4 Å². The number of anilines is 1. The van der Waals surface area contributed by atoms with E-state index in [0.29, 0.717) is 42.9 Å². The lowest BCUT2D eigenvalue weighted by Gasteiger charge is -2.37. The maximum Gasteiger partial charge on any atom is 0.310 e. The van der Waals surface area contributed by atoms with Crippen LogP contribution in [0.25, 0.3) is 0 Å². The smallest absolute Gasteiger partial charge is 0.310 e. The fraction of sp³-hybridized carbons (Fsp3) is 0.577. The molecule has 3 aliphatic heterocycles. The van der Waals surface area contributed by atoms with Gasteiger partial charge in [-0.25, -0.2) is 0 Å². The Hall–Kier alpha value is -2.42. The highest BCUT2D eigenvalue weighted by atomic mass is 35.5. The van der Waals surface area contributed by atoms with Crippen LogP contribution in [0.15, 0.2) is 30.9 Å². The predicted molar refractivity (Wildman–Crippen MR) is 131 cm³/mol. The summed E-state index contributed by atoms with van der Waals surface area (Å²) < 4.78 is 6.28. The Balaban J connectivity index is 1.73.